The highest BCUT2D eigenvalue weighted by molar-refractivity contribution is 9.11. The molecule has 0 aliphatic carbocycles. The van der Waals surface area contributed by atoms with Gasteiger partial charge in [-0.2, -0.15) is 5.26 Å². The van der Waals surface area contributed by atoms with Crippen LogP contribution in [-0.2, 0) is 11.4 Å². The summed E-state index contributed by atoms with van der Waals surface area (Å²) < 4.78 is 8.52. The number of ether oxygens (including phenoxy) is 1. The number of carbonyl (C=O) groups excluding carboxylic acids is 1. The molecule has 1 amide bonds. The van der Waals surface area contributed by atoms with Crippen molar-refractivity contribution in [2.45, 2.75) is 13.5 Å². The normalized spacial score (nSPS) is 11.0. The Morgan fingerprint density at radius 2 is 1.71 bits per heavy atom. The molecule has 156 valence electrons. The van der Waals surface area contributed by atoms with Crippen LogP contribution in [0.15, 0.2) is 79.7 Å². The summed E-state index contributed by atoms with van der Waals surface area (Å²) in [7, 11) is 0. The van der Waals surface area contributed by atoms with Gasteiger partial charge in [0.15, 0.2) is 0 Å². The summed E-state index contributed by atoms with van der Waals surface area (Å²) in [6.07, 6.45) is 1.52. The second-order valence-corrected chi connectivity index (χ2v) is 9.40. The summed E-state index contributed by atoms with van der Waals surface area (Å²) in [6, 6.07) is 20.8. The van der Waals surface area contributed by atoms with E-state index in [1.165, 1.54) is 6.08 Å². The Kier molecular flexibility index (Phi) is 8.08. The smallest absolute Gasteiger partial charge is 0.266 e. The fourth-order valence-electron chi connectivity index (χ4n) is 2.72. The van der Waals surface area contributed by atoms with Crippen molar-refractivity contribution in [1.29, 1.82) is 5.26 Å². The van der Waals surface area contributed by atoms with Crippen molar-refractivity contribution in [2.24, 2.45) is 0 Å². The van der Waals surface area contributed by atoms with E-state index in [0.717, 1.165) is 20.1 Å². The van der Waals surface area contributed by atoms with Crippen molar-refractivity contribution in [3.05, 3.63) is 96.3 Å². The van der Waals surface area contributed by atoms with E-state index in [-0.39, 0.29) is 5.57 Å². The Hall–Kier alpha value is -2.40. The maximum absolute atomic E-state index is 12.7. The summed E-state index contributed by atoms with van der Waals surface area (Å²) in [5.41, 5.74) is 3.28. The van der Waals surface area contributed by atoms with Crippen LogP contribution in [0, 0.1) is 18.3 Å². The molecule has 31 heavy (non-hydrogen) atoms. The third-order valence-electron chi connectivity index (χ3n) is 4.31. The molecule has 3 aromatic carbocycles. The molecule has 7 heteroatoms. The molecule has 4 nitrogen and oxygen atoms in total. The van der Waals surface area contributed by atoms with Crippen LogP contribution in [0.5, 0.6) is 5.75 Å². The summed E-state index contributed by atoms with van der Waals surface area (Å²) >= 11 is 10.4. The maximum atomic E-state index is 12.7. The lowest BCUT2D eigenvalue weighted by Crippen LogP contribution is -2.13. The number of nitriles is 1. The maximum Gasteiger partial charge on any atom is 0.266 e. The summed E-state index contributed by atoms with van der Waals surface area (Å²) in [5.74, 6) is 0.0586. The summed E-state index contributed by atoms with van der Waals surface area (Å²) in [4.78, 5) is 12.7. The van der Waals surface area contributed by atoms with Gasteiger partial charge in [-0.1, -0.05) is 61.7 Å². The van der Waals surface area contributed by atoms with Gasteiger partial charge in [0.05, 0.1) is 4.47 Å². The third-order valence-corrected chi connectivity index (χ3v) is 5.88. The molecule has 0 aliphatic rings. The fourth-order valence-corrected chi connectivity index (χ4v) is 4.35. The largest absolute Gasteiger partial charge is 0.487 e. The molecule has 0 atom stereocenters. The zero-order chi connectivity index (χ0) is 22.4. The number of hydrogen-bond donors (Lipinski definition) is 1. The number of nitrogens with one attached hydrogen (secondary N) is 1. The molecule has 3 rings (SSSR count). The van der Waals surface area contributed by atoms with Crippen LogP contribution in [0.4, 0.5) is 5.69 Å². The van der Waals surface area contributed by atoms with E-state index >= 15 is 0 Å². The molecule has 0 aromatic heterocycles. The van der Waals surface area contributed by atoms with E-state index in [2.05, 4.69) is 53.1 Å². The number of nitrogens with zero attached hydrogens (tertiary/aromatic N) is 1. The first-order valence-electron chi connectivity index (χ1n) is 9.22. The average Bonchev–Trinajstić information content (AvgIpc) is 2.74. The van der Waals surface area contributed by atoms with Crippen molar-refractivity contribution in [3.63, 3.8) is 0 Å². The zero-order valence-electron chi connectivity index (χ0n) is 16.5. The molecule has 0 fully saturated rings. The molecule has 3 aromatic rings. The number of rotatable bonds is 6. The Balaban J connectivity index is 1.87. The van der Waals surface area contributed by atoms with Crippen molar-refractivity contribution in [1.82, 2.24) is 0 Å². The van der Waals surface area contributed by atoms with Crippen LogP contribution in [0.1, 0.15) is 16.7 Å². The molecule has 0 saturated heterocycles. The van der Waals surface area contributed by atoms with Crippen LogP contribution in [-0.4, -0.2) is 5.91 Å². The van der Waals surface area contributed by atoms with Gasteiger partial charge in [-0.15, -0.1) is 0 Å². The molecule has 0 spiro atoms. The van der Waals surface area contributed by atoms with Gasteiger partial charge in [0.1, 0.15) is 24.0 Å². The highest BCUT2D eigenvalue weighted by Crippen LogP contribution is 2.35. The van der Waals surface area contributed by atoms with Crippen molar-refractivity contribution in [3.8, 4) is 11.8 Å². The monoisotopic (exact) mass is 602 g/mol. The van der Waals surface area contributed by atoms with Gasteiger partial charge in [-0.25, -0.2) is 0 Å². The lowest BCUT2D eigenvalue weighted by atomic mass is 10.1. The number of benzene rings is 3. The Bertz CT molecular complexity index is 1170. The van der Waals surface area contributed by atoms with Crippen molar-refractivity contribution >= 4 is 65.5 Å². The van der Waals surface area contributed by atoms with Crippen LogP contribution >= 0.6 is 47.8 Å². The average molecular weight is 605 g/mol. The molecule has 0 bridgehead atoms. The topological polar surface area (TPSA) is 62.1 Å². The minimum Gasteiger partial charge on any atom is -0.487 e. The fraction of sp³-hybridized carbons (Fsp3) is 0.0833. The van der Waals surface area contributed by atoms with Crippen LogP contribution in [0.2, 0.25) is 0 Å². The predicted octanol–water partition coefficient (Wildman–Crippen LogP) is 7.41. The Morgan fingerprint density at radius 1 is 1.03 bits per heavy atom. The quantitative estimate of drug-likeness (QED) is 0.235. The van der Waals surface area contributed by atoms with Crippen molar-refractivity contribution in [2.75, 3.05) is 5.32 Å². The first-order valence-corrected chi connectivity index (χ1v) is 11.6. The Labute approximate surface area is 206 Å². The van der Waals surface area contributed by atoms with Gasteiger partial charge in [-0.3, -0.25) is 4.79 Å². The molecule has 0 radical (unpaired) electrons. The number of halogens is 3. The molecular weight excluding hydrogens is 588 g/mol. The first kappa shape index (κ1) is 23.3. The molecule has 0 aliphatic heterocycles. The van der Waals surface area contributed by atoms with Gasteiger partial charge in [0.25, 0.3) is 5.91 Å². The van der Waals surface area contributed by atoms with E-state index < -0.39 is 5.91 Å². The van der Waals surface area contributed by atoms with E-state index in [9.17, 15) is 10.1 Å². The third kappa shape index (κ3) is 6.54. The van der Waals surface area contributed by atoms with E-state index in [1.54, 1.807) is 18.2 Å². The first-order chi connectivity index (χ1) is 14.9. The van der Waals surface area contributed by atoms with Crippen LogP contribution in [0.25, 0.3) is 6.08 Å². The second kappa shape index (κ2) is 10.8. The minimum absolute atomic E-state index is 0.0286. The molecule has 0 heterocycles. The second-order valence-electron chi connectivity index (χ2n) is 6.71. The minimum atomic E-state index is -0.485. The predicted molar refractivity (Wildman–Crippen MR) is 134 cm³/mol. The van der Waals surface area contributed by atoms with Crippen LogP contribution < -0.4 is 10.1 Å². The van der Waals surface area contributed by atoms with E-state index in [1.807, 2.05) is 55.5 Å². The van der Waals surface area contributed by atoms with E-state index in [0.29, 0.717) is 28.1 Å². The van der Waals surface area contributed by atoms with Crippen molar-refractivity contribution < 1.29 is 9.53 Å². The lowest BCUT2D eigenvalue weighted by molar-refractivity contribution is -0.112. The SMILES string of the molecule is Cc1ccc(NC(=O)/C(C#N)=C/c2cc(Br)cc(Br)c2OCc2ccc(Br)cc2)cc1. The van der Waals surface area contributed by atoms with Gasteiger partial charge in [0.2, 0.25) is 0 Å². The van der Waals surface area contributed by atoms with Gasteiger partial charge in [0, 0.05) is 20.2 Å². The molecule has 1 N–H and O–H groups in total. The number of carbonyl (C=O) groups is 1. The number of hydrogen-bond acceptors (Lipinski definition) is 3. The molecule has 0 saturated carbocycles. The lowest BCUT2D eigenvalue weighted by Gasteiger charge is -2.13. The van der Waals surface area contributed by atoms with E-state index in [4.69, 9.17) is 4.74 Å². The highest BCUT2D eigenvalue weighted by atomic mass is 79.9. The number of amides is 1. The van der Waals surface area contributed by atoms with Gasteiger partial charge >= 0.3 is 0 Å². The highest BCUT2D eigenvalue weighted by Gasteiger charge is 2.14. The molecule has 0 unspecified atom stereocenters. The zero-order valence-corrected chi connectivity index (χ0v) is 21.2. The van der Waals surface area contributed by atoms with Gasteiger partial charge < -0.3 is 10.1 Å². The summed E-state index contributed by atoms with van der Waals surface area (Å²) in [6.45, 7) is 2.30. The molecular formula is C24H17Br3N2O2. The van der Waals surface area contributed by atoms with Crippen LogP contribution in [0.3, 0.4) is 0 Å². The number of anilines is 1. The summed E-state index contributed by atoms with van der Waals surface area (Å²) in [5, 5.41) is 12.3. The number of aryl methyl sites for hydroxylation is 1. The van der Waals surface area contributed by atoms with Gasteiger partial charge in [-0.05, 0) is 70.9 Å². The standard InChI is InChI=1S/C24H17Br3N2O2/c1-15-2-8-21(9-3-15)29-24(30)18(13-28)10-17-11-20(26)12-22(27)23(17)31-14-16-4-6-19(25)7-5-16/h2-12H,14H2,1H3,(H,29,30)/b18-10+. The Morgan fingerprint density at radius 3 is 2.35 bits per heavy atom.